The van der Waals surface area contributed by atoms with Crippen LogP contribution in [0.25, 0.3) is 11.3 Å². The molecule has 26 heavy (non-hydrogen) atoms. The molecule has 5 nitrogen and oxygen atoms in total. The fourth-order valence-electron chi connectivity index (χ4n) is 2.40. The Balaban J connectivity index is 1.59. The summed E-state index contributed by atoms with van der Waals surface area (Å²) in [5.41, 5.74) is 2.92. The standard InChI is InChI=1S/C19H16ClFN2O3/c1-11-7-15(8-12(2)19(11)20)25-10-17(24)22-18-9-16(23-26-18)13-3-5-14(21)6-4-13/h3-9H,10H2,1-2H3,(H,22,24). The number of carbonyl (C=O) groups is 1. The van der Waals surface area contributed by atoms with Crippen LogP contribution in [-0.2, 0) is 4.79 Å². The van der Waals surface area contributed by atoms with Crippen molar-refractivity contribution >= 4 is 23.4 Å². The van der Waals surface area contributed by atoms with E-state index in [1.165, 1.54) is 12.1 Å². The second kappa shape index (κ2) is 7.58. The highest BCUT2D eigenvalue weighted by Crippen LogP contribution is 2.26. The number of aromatic nitrogens is 1. The molecular weight excluding hydrogens is 359 g/mol. The zero-order chi connectivity index (χ0) is 18.7. The number of hydrogen-bond acceptors (Lipinski definition) is 4. The van der Waals surface area contributed by atoms with Crippen LogP contribution in [0, 0.1) is 19.7 Å². The molecule has 0 aliphatic rings. The Bertz CT molecular complexity index is 915. The van der Waals surface area contributed by atoms with Crippen LogP contribution in [0.4, 0.5) is 10.3 Å². The van der Waals surface area contributed by atoms with Crippen molar-refractivity contribution < 1.29 is 18.4 Å². The van der Waals surface area contributed by atoms with Crippen molar-refractivity contribution in [1.29, 1.82) is 0 Å². The molecule has 0 fully saturated rings. The third kappa shape index (κ3) is 4.21. The maximum atomic E-state index is 13.0. The van der Waals surface area contributed by atoms with E-state index in [1.807, 2.05) is 13.8 Å². The van der Waals surface area contributed by atoms with Gasteiger partial charge in [-0.15, -0.1) is 0 Å². The SMILES string of the molecule is Cc1cc(OCC(=O)Nc2cc(-c3ccc(F)cc3)no2)cc(C)c1Cl. The lowest BCUT2D eigenvalue weighted by molar-refractivity contribution is -0.118. The van der Waals surface area contributed by atoms with Crippen molar-refractivity contribution in [3.05, 3.63) is 64.4 Å². The zero-order valence-corrected chi connectivity index (χ0v) is 14.9. The van der Waals surface area contributed by atoms with Gasteiger partial charge in [0.25, 0.3) is 5.91 Å². The fraction of sp³-hybridized carbons (Fsp3) is 0.158. The fourth-order valence-corrected chi connectivity index (χ4v) is 2.51. The predicted molar refractivity (Wildman–Crippen MR) is 96.9 cm³/mol. The molecule has 3 rings (SSSR count). The van der Waals surface area contributed by atoms with Gasteiger partial charge in [-0.3, -0.25) is 10.1 Å². The molecule has 2 aromatic carbocycles. The Morgan fingerprint density at radius 3 is 2.50 bits per heavy atom. The smallest absolute Gasteiger partial charge is 0.264 e. The number of aryl methyl sites for hydroxylation is 2. The van der Waals surface area contributed by atoms with Crippen molar-refractivity contribution in [1.82, 2.24) is 5.16 Å². The van der Waals surface area contributed by atoms with Crippen LogP contribution in [0.5, 0.6) is 5.75 Å². The Kier molecular flexibility index (Phi) is 5.23. The highest BCUT2D eigenvalue weighted by Gasteiger charge is 2.11. The summed E-state index contributed by atoms with van der Waals surface area (Å²) in [6, 6.07) is 10.9. The lowest BCUT2D eigenvalue weighted by Crippen LogP contribution is -2.19. The third-order valence-corrected chi connectivity index (χ3v) is 4.29. The topological polar surface area (TPSA) is 64.4 Å². The van der Waals surface area contributed by atoms with Gasteiger partial charge in [0.05, 0.1) is 0 Å². The Morgan fingerprint density at radius 1 is 1.19 bits per heavy atom. The summed E-state index contributed by atoms with van der Waals surface area (Å²) < 4.78 is 23.5. The van der Waals surface area contributed by atoms with Gasteiger partial charge >= 0.3 is 0 Å². The highest BCUT2D eigenvalue weighted by molar-refractivity contribution is 6.32. The normalized spacial score (nSPS) is 10.6. The van der Waals surface area contributed by atoms with Crippen LogP contribution in [0.15, 0.2) is 47.0 Å². The minimum Gasteiger partial charge on any atom is -0.484 e. The molecule has 0 aliphatic heterocycles. The van der Waals surface area contributed by atoms with Gasteiger partial charge in [-0.05, 0) is 61.4 Å². The molecule has 0 atom stereocenters. The van der Waals surface area contributed by atoms with Crippen molar-refractivity contribution in [2.75, 3.05) is 11.9 Å². The number of rotatable bonds is 5. The van der Waals surface area contributed by atoms with Crippen molar-refractivity contribution in [2.45, 2.75) is 13.8 Å². The maximum absolute atomic E-state index is 13.0. The van der Waals surface area contributed by atoms with E-state index in [0.717, 1.165) is 11.1 Å². The van der Waals surface area contributed by atoms with E-state index in [4.69, 9.17) is 20.9 Å². The number of carbonyl (C=O) groups excluding carboxylic acids is 1. The average molecular weight is 375 g/mol. The van der Waals surface area contributed by atoms with Gasteiger partial charge in [-0.25, -0.2) is 4.39 Å². The molecular formula is C19H16ClFN2O3. The quantitative estimate of drug-likeness (QED) is 0.698. The number of benzene rings is 2. The molecule has 1 aromatic heterocycles. The Labute approximate surface area is 154 Å². The molecule has 0 saturated heterocycles. The second-order valence-corrected chi connectivity index (χ2v) is 6.17. The Morgan fingerprint density at radius 2 is 1.85 bits per heavy atom. The van der Waals surface area contributed by atoms with Gasteiger partial charge in [0.2, 0.25) is 5.88 Å². The molecule has 0 radical (unpaired) electrons. The van der Waals surface area contributed by atoms with Gasteiger partial charge in [-0.2, -0.15) is 0 Å². The number of ether oxygens (including phenoxy) is 1. The summed E-state index contributed by atoms with van der Waals surface area (Å²) in [7, 11) is 0. The van der Waals surface area contributed by atoms with E-state index in [1.54, 1.807) is 30.3 Å². The summed E-state index contributed by atoms with van der Waals surface area (Å²) >= 11 is 6.11. The third-order valence-electron chi connectivity index (χ3n) is 3.69. The molecule has 7 heteroatoms. The minimum atomic E-state index is -0.392. The summed E-state index contributed by atoms with van der Waals surface area (Å²) in [4.78, 5) is 12.0. The first kappa shape index (κ1) is 17.9. The molecule has 1 N–H and O–H groups in total. The molecule has 0 aliphatic carbocycles. The summed E-state index contributed by atoms with van der Waals surface area (Å²) in [6.07, 6.45) is 0. The zero-order valence-electron chi connectivity index (χ0n) is 14.2. The van der Waals surface area contributed by atoms with Crippen LogP contribution in [0.3, 0.4) is 0 Å². The first-order chi connectivity index (χ1) is 12.4. The second-order valence-electron chi connectivity index (χ2n) is 5.79. The van der Waals surface area contributed by atoms with Gasteiger partial charge in [0, 0.05) is 16.7 Å². The number of anilines is 1. The monoisotopic (exact) mass is 374 g/mol. The highest BCUT2D eigenvalue weighted by atomic mass is 35.5. The van der Waals surface area contributed by atoms with E-state index in [0.29, 0.717) is 22.0 Å². The number of hydrogen-bond donors (Lipinski definition) is 1. The summed E-state index contributed by atoms with van der Waals surface area (Å²) in [5, 5.41) is 7.09. The molecule has 134 valence electrons. The van der Waals surface area contributed by atoms with E-state index in [9.17, 15) is 9.18 Å². The van der Waals surface area contributed by atoms with Crippen molar-refractivity contribution in [2.24, 2.45) is 0 Å². The largest absolute Gasteiger partial charge is 0.484 e. The number of nitrogens with zero attached hydrogens (tertiary/aromatic N) is 1. The molecule has 0 saturated carbocycles. The summed E-state index contributed by atoms with van der Waals surface area (Å²) in [6.45, 7) is 3.55. The van der Waals surface area contributed by atoms with Crippen LogP contribution in [-0.4, -0.2) is 17.7 Å². The summed E-state index contributed by atoms with van der Waals surface area (Å²) in [5.74, 6) is 0.0122. The molecule has 1 amide bonds. The minimum absolute atomic E-state index is 0.182. The van der Waals surface area contributed by atoms with Crippen molar-refractivity contribution in [3.63, 3.8) is 0 Å². The predicted octanol–water partition coefficient (Wildman–Crippen LogP) is 4.77. The average Bonchev–Trinajstić information content (AvgIpc) is 3.06. The number of amides is 1. The Hall–Kier alpha value is -2.86. The lowest BCUT2D eigenvalue weighted by atomic mass is 10.1. The number of nitrogens with one attached hydrogen (secondary N) is 1. The molecule has 3 aromatic rings. The van der Waals surface area contributed by atoms with E-state index >= 15 is 0 Å². The van der Waals surface area contributed by atoms with Crippen LogP contribution in [0.2, 0.25) is 5.02 Å². The van der Waals surface area contributed by atoms with Crippen LogP contribution < -0.4 is 10.1 Å². The van der Waals surface area contributed by atoms with Gasteiger partial charge < -0.3 is 9.26 Å². The molecule has 0 spiro atoms. The van der Waals surface area contributed by atoms with Gasteiger partial charge in [0.1, 0.15) is 17.3 Å². The van der Waals surface area contributed by atoms with Gasteiger partial charge in [0.15, 0.2) is 6.61 Å². The van der Waals surface area contributed by atoms with Crippen LogP contribution in [0.1, 0.15) is 11.1 Å². The van der Waals surface area contributed by atoms with E-state index in [-0.39, 0.29) is 18.3 Å². The van der Waals surface area contributed by atoms with Crippen LogP contribution >= 0.6 is 11.6 Å². The van der Waals surface area contributed by atoms with E-state index in [2.05, 4.69) is 10.5 Å². The first-order valence-corrected chi connectivity index (χ1v) is 8.22. The molecule has 0 unspecified atom stereocenters. The maximum Gasteiger partial charge on any atom is 0.264 e. The van der Waals surface area contributed by atoms with E-state index < -0.39 is 5.91 Å². The van der Waals surface area contributed by atoms with Gasteiger partial charge in [-0.1, -0.05) is 16.8 Å². The van der Waals surface area contributed by atoms with Crippen molar-refractivity contribution in [3.8, 4) is 17.0 Å². The number of halogens is 2. The first-order valence-electron chi connectivity index (χ1n) is 7.84. The molecule has 1 heterocycles. The molecule has 0 bridgehead atoms. The lowest BCUT2D eigenvalue weighted by Gasteiger charge is -2.09.